The van der Waals surface area contributed by atoms with Crippen LogP contribution in [0.4, 0.5) is 4.79 Å². The highest BCUT2D eigenvalue weighted by Crippen LogP contribution is 2.23. The third kappa shape index (κ3) is 3.90. The normalized spacial score (nSPS) is 29.3. The average molecular weight is 249 g/mol. The Hall–Kier alpha value is -1.24. The van der Waals surface area contributed by atoms with Crippen molar-refractivity contribution in [3.63, 3.8) is 0 Å². The molecule has 2 saturated carbocycles. The topological polar surface area (TPSA) is 64.9 Å². The molecule has 4 heteroatoms. The van der Waals surface area contributed by atoms with Gasteiger partial charge < -0.3 is 10.6 Å². The van der Waals surface area contributed by atoms with E-state index in [1.54, 1.807) is 0 Å². The minimum absolute atomic E-state index is 0.0118. The zero-order valence-electron chi connectivity index (χ0n) is 11.0. The lowest BCUT2D eigenvalue weighted by Gasteiger charge is -2.28. The number of carbonyl (C=O) groups excluding carboxylic acids is 1. The lowest BCUT2D eigenvalue weighted by molar-refractivity contribution is 0.222. The van der Waals surface area contributed by atoms with E-state index < -0.39 is 0 Å². The van der Waals surface area contributed by atoms with Gasteiger partial charge in [-0.05, 0) is 38.5 Å². The molecule has 2 rings (SSSR count). The number of nitriles is 1. The molecule has 4 nitrogen and oxygen atoms in total. The predicted molar refractivity (Wildman–Crippen MR) is 69.9 cm³/mol. The Morgan fingerprint density at radius 3 is 2.00 bits per heavy atom. The highest BCUT2D eigenvalue weighted by Gasteiger charge is 2.23. The van der Waals surface area contributed by atoms with Crippen LogP contribution in [0, 0.1) is 17.2 Å². The number of nitrogens with one attached hydrogen (secondary N) is 2. The van der Waals surface area contributed by atoms with Gasteiger partial charge in [0.1, 0.15) is 0 Å². The Labute approximate surface area is 109 Å². The van der Waals surface area contributed by atoms with E-state index in [2.05, 4.69) is 16.7 Å². The third-order valence-electron chi connectivity index (χ3n) is 4.19. The second kappa shape index (κ2) is 6.63. The molecule has 0 aliphatic heterocycles. The van der Waals surface area contributed by atoms with Gasteiger partial charge in [-0.2, -0.15) is 5.26 Å². The van der Waals surface area contributed by atoms with Crippen molar-refractivity contribution in [3.05, 3.63) is 0 Å². The van der Waals surface area contributed by atoms with Crippen molar-refractivity contribution in [2.45, 2.75) is 69.9 Å². The lowest BCUT2D eigenvalue weighted by Crippen LogP contribution is -2.47. The molecule has 2 aliphatic rings. The van der Waals surface area contributed by atoms with E-state index in [0.717, 1.165) is 38.5 Å². The van der Waals surface area contributed by atoms with Crippen LogP contribution in [0.15, 0.2) is 0 Å². The van der Waals surface area contributed by atoms with E-state index in [0.29, 0.717) is 6.04 Å². The van der Waals surface area contributed by atoms with Gasteiger partial charge >= 0.3 is 6.03 Å². The maximum absolute atomic E-state index is 11.8. The van der Waals surface area contributed by atoms with E-state index in [1.165, 1.54) is 19.3 Å². The number of hydrogen-bond acceptors (Lipinski definition) is 2. The molecule has 0 aromatic heterocycles. The van der Waals surface area contributed by atoms with Gasteiger partial charge in [0.25, 0.3) is 0 Å². The summed E-state index contributed by atoms with van der Waals surface area (Å²) in [5.74, 6) is 0.199. The number of rotatable bonds is 2. The number of hydrogen-bond donors (Lipinski definition) is 2. The summed E-state index contributed by atoms with van der Waals surface area (Å²) in [5.41, 5.74) is 0. The summed E-state index contributed by atoms with van der Waals surface area (Å²) in [4.78, 5) is 11.8. The van der Waals surface area contributed by atoms with Crippen LogP contribution < -0.4 is 10.6 Å². The van der Waals surface area contributed by atoms with Crippen LogP contribution in [0.2, 0.25) is 0 Å². The monoisotopic (exact) mass is 249 g/mol. The zero-order chi connectivity index (χ0) is 12.8. The quantitative estimate of drug-likeness (QED) is 0.790. The summed E-state index contributed by atoms with van der Waals surface area (Å²) in [6.45, 7) is 0. The summed E-state index contributed by atoms with van der Waals surface area (Å²) in [5, 5.41) is 15.0. The number of carbonyl (C=O) groups is 1. The highest BCUT2D eigenvalue weighted by atomic mass is 16.2. The molecule has 18 heavy (non-hydrogen) atoms. The molecule has 2 aliphatic carbocycles. The van der Waals surface area contributed by atoms with E-state index in [4.69, 9.17) is 5.26 Å². The lowest BCUT2D eigenvalue weighted by atomic mass is 9.87. The number of nitrogens with zero attached hydrogens (tertiary/aromatic N) is 1. The SMILES string of the molecule is N#CC1CCC(NC(=O)NC2CCCCC2)CC1. The van der Waals surface area contributed by atoms with Crippen LogP contribution in [0.1, 0.15) is 57.8 Å². The van der Waals surface area contributed by atoms with Crippen LogP contribution >= 0.6 is 0 Å². The minimum atomic E-state index is -0.0118. The zero-order valence-corrected chi connectivity index (χ0v) is 11.0. The second-order valence-electron chi connectivity index (χ2n) is 5.63. The first kappa shape index (κ1) is 13.2. The summed E-state index contributed by atoms with van der Waals surface area (Å²) in [6, 6.07) is 2.94. The standard InChI is InChI=1S/C14H23N3O/c15-10-11-6-8-13(9-7-11)17-14(18)16-12-4-2-1-3-5-12/h11-13H,1-9H2,(H2,16,17,18). The summed E-state index contributed by atoms with van der Waals surface area (Å²) >= 11 is 0. The first-order valence-electron chi connectivity index (χ1n) is 7.24. The highest BCUT2D eigenvalue weighted by molar-refractivity contribution is 5.74. The molecule has 0 radical (unpaired) electrons. The van der Waals surface area contributed by atoms with Gasteiger partial charge in [0.2, 0.25) is 0 Å². The van der Waals surface area contributed by atoms with Crippen LogP contribution in [-0.4, -0.2) is 18.1 Å². The Bertz CT molecular complexity index is 309. The molecular formula is C14H23N3O. The van der Waals surface area contributed by atoms with Gasteiger partial charge in [-0.15, -0.1) is 0 Å². The van der Waals surface area contributed by atoms with Crippen molar-refractivity contribution < 1.29 is 4.79 Å². The average Bonchev–Trinajstić information content (AvgIpc) is 2.40. The molecular weight excluding hydrogens is 226 g/mol. The molecule has 2 amide bonds. The molecule has 0 aromatic rings. The molecule has 2 fully saturated rings. The molecule has 0 heterocycles. The first-order chi connectivity index (χ1) is 8.78. The van der Waals surface area contributed by atoms with Crippen molar-refractivity contribution >= 4 is 6.03 Å². The summed E-state index contributed by atoms with van der Waals surface area (Å²) < 4.78 is 0. The number of amides is 2. The van der Waals surface area contributed by atoms with Crippen LogP contribution in [-0.2, 0) is 0 Å². The van der Waals surface area contributed by atoms with Gasteiger partial charge in [-0.3, -0.25) is 0 Å². The fourth-order valence-electron chi connectivity index (χ4n) is 3.03. The van der Waals surface area contributed by atoms with E-state index in [1.807, 2.05) is 0 Å². The first-order valence-corrected chi connectivity index (χ1v) is 7.24. The van der Waals surface area contributed by atoms with E-state index in [9.17, 15) is 4.79 Å². The fraction of sp³-hybridized carbons (Fsp3) is 0.857. The van der Waals surface area contributed by atoms with Crippen molar-refractivity contribution in [1.82, 2.24) is 10.6 Å². The molecule has 100 valence electrons. The molecule has 0 unspecified atom stereocenters. The maximum atomic E-state index is 11.8. The van der Waals surface area contributed by atoms with E-state index >= 15 is 0 Å². The Balaban J connectivity index is 1.66. The maximum Gasteiger partial charge on any atom is 0.315 e. The smallest absolute Gasteiger partial charge is 0.315 e. The van der Waals surface area contributed by atoms with Crippen LogP contribution in [0.5, 0.6) is 0 Å². The molecule has 0 atom stereocenters. The predicted octanol–water partition coefficient (Wildman–Crippen LogP) is 2.70. The van der Waals surface area contributed by atoms with E-state index in [-0.39, 0.29) is 18.0 Å². The van der Waals surface area contributed by atoms with Gasteiger partial charge in [-0.25, -0.2) is 4.79 Å². The fourth-order valence-corrected chi connectivity index (χ4v) is 3.03. The Kier molecular flexibility index (Phi) is 4.86. The summed E-state index contributed by atoms with van der Waals surface area (Å²) in [6.07, 6.45) is 9.74. The van der Waals surface area contributed by atoms with Gasteiger partial charge in [0.15, 0.2) is 0 Å². The third-order valence-corrected chi connectivity index (χ3v) is 4.19. The minimum Gasteiger partial charge on any atom is -0.335 e. The van der Waals surface area contributed by atoms with Crippen molar-refractivity contribution in [2.24, 2.45) is 5.92 Å². The van der Waals surface area contributed by atoms with Gasteiger partial charge in [-0.1, -0.05) is 19.3 Å². The Morgan fingerprint density at radius 2 is 1.44 bits per heavy atom. The molecule has 0 aromatic carbocycles. The van der Waals surface area contributed by atoms with Crippen molar-refractivity contribution in [2.75, 3.05) is 0 Å². The second-order valence-corrected chi connectivity index (χ2v) is 5.63. The number of urea groups is 1. The van der Waals surface area contributed by atoms with Crippen molar-refractivity contribution in [3.8, 4) is 6.07 Å². The molecule has 0 spiro atoms. The van der Waals surface area contributed by atoms with Crippen LogP contribution in [0.3, 0.4) is 0 Å². The molecule has 0 bridgehead atoms. The largest absolute Gasteiger partial charge is 0.335 e. The molecule has 2 N–H and O–H groups in total. The van der Waals surface area contributed by atoms with Crippen LogP contribution in [0.25, 0.3) is 0 Å². The summed E-state index contributed by atoms with van der Waals surface area (Å²) in [7, 11) is 0. The molecule has 0 saturated heterocycles. The van der Waals surface area contributed by atoms with Gasteiger partial charge in [0.05, 0.1) is 6.07 Å². The van der Waals surface area contributed by atoms with Crippen molar-refractivity contribution in [1.29, 1.82) is 5.26 Å². The van der Waals surface area contributed by atoms with Gasteiger partial charge in [0, 0.05) is 18.0 Å². The Morgan fingerprint density at radius 1 is 0.889 bits per heavy atom.